The molecule has 0 saturated carbocycles. The van der Waals surface area contributed by atoms with Gasteiger partial charge in [-0.3, -0.25) is 15.0 Å². The van der Waals surface area contributed by atoms with Crippen molar-refractivity contribution in [2.75, 3.05) is 13.2 Å². The number of aromatic nitrogens is 1. The van der Waals surface area contributed by atoms with Crippen molar-refractivity contribution in [2.24, 2.45) is 5.73 Å². The molecule has 210 valence electrons. The van der Waals surface area contributed by atoms with Gasteiger partial charge in [0.05, 0.1) is 13.2 Å². The average molecular weight is 549 g/mol. The van der Waals surface area contributed by atoms with E-state index < -0.39 is 35.0 Å². The van der Waals surface area contributed by atoms with Crippen molar-refractivity contribution in [1.29, 1.82) is 5.41 Å². The first kappa shape index (κ1) is 29.6. The molecule has 3 rings (SSSR count). The molecule has 0 aliphatic carbocycles. The van der Waals surface area contributed by atoms with E-state index >= 15 is 0 Å². The van der Waals surface area contributed by atoms with Crippen LogP contribution in [0.3, 0.4) is 0 Å². The average Bonchev–Trinajstić information content (AvgIpc) is 3.15. The number of aryl methyl sites for hydroxylation is 1. The number of alkyl halides is 3. The Morgan fingerprint density at radius 2 is 1.85 bits per heavy atom. The number of fused-ring (bicyclic) bond motifs is 1. The molecule has 0 saturated heterocycles. The van der Waals surface area contributed by atoms with E-state index in [1.54, 1.807) is 25.7 Å². The van der Waals surface area contributed by atoms with Crippen LogP contribution in [0.2, 0.25) is 0 Å². The van der Waals surface area contributed by atoms with Crippen LogP contribution in [0.1, 0.15) is 73.4 Å². The number of rotatable bonds is 10. The summed E-state index contributed by atoms with van der Waals surface area (Å²) in [5.41, 5.74) is 6.66. The van der Waals surface area contributed by atoms with Crippen molar-refractivity contribution in [3.63, 3.8) is 0 Å². The number of amides is 1. The lowest BCUT2D eigenvalue weighted by Gasteiger charge is -2.26. The van der Waals surface area contributed by atoms with Gasteiger partial charge in [0.2, 0.25) is 5.91 Å². The highest BCUT2D eigenvalue weighted by atomic mass is 19.4. The van der Waals surface area contributed by atoms with Crippen LogP contribution in [-0.2, 0) is 28.0 Å². The normalized spacial score (nSPS) is 13.3. The number of carbonyl (C=O) groups is 3. The van der Waals surface area contributed by atoms with Gasteiger partial charge in [-0.1, -0.05) is 33.8 Å². The van der Waals surface area contributed by atoms with Gasteiger partial charge in [-0.2, -0.15) is 13.2 Å². The van der Waals surface area contributed by atoms with Crippen molar-refractivity contribution < 1.29 is 37.0 Å². The van der Waals surface area contributed by atoms with E-state index in [0.717, 1.165) is 11.3 Å². The topological polar surface area (TPSA) is 136 Å². The molecule has 1 aromatic heterocycles. The highest BCUT2D eigenvalue weighted by Gasteiger charge is 2.43. The Kier molecular flexibility index (Phi) is 8.67. The van der Waals surface area contributed by atoms with Gasteiger partial charge in [-0.15, -0.1) is 0 Å². The molecule has 9 nitrogen and oxygen atoms in total. The molecule has 2 heterocycles. The van der Waals surface area contributed by atoms with E-state index in [4.69, 9.17) is 20.6 Å². The van der Waals surface area contributed by atoms with Crippen LogP contribution in [0.25, 0.3) is 0 Å². The van der Waals surface area contributed by atoms with Gasteiger partial charge in [0.15, 0.2) is 17.3 Å². The Balaban J connectivity index is 1.96. The lowest BCUT2D eigenvalue weighted by atomic mass is 9.84. The Bertz CT molecular complexity index is 1300. The lowest BCUT2D eigenvalue weighted by Crippen LogP contribution is -2.31. The van der Waals surface area contributed by atoms with E-state index in [1.165, 1.54) is 12.1 Å². The third-order valence-electron chi connectivity index (χ3n) is 6.07. The fourth-order valence-corrected chi connectivity index (χ4v) is 4.00. The minimum atomic E-state index is -5.26. The number of Topliss-reactive ketones (excluding diaryl/α,β-unsaturated/α-hetero) is 1. The van der Waals surface area contributed by atoms with Gasteiger partial charge in [-0.05, 0) is 36.5 Å². The van der Waals surface area contributed by atoms with E-state index in [1.807, 2.05) is 19.1 Å². The van der Waals surface area contributed by atoms with Crippen LogP contribution < -0.4 is 15.2 Å². The Labute approximate surface area is 224 Å². The number of primary amides is 1. The zero-order valence-corrected chi connectivity index (χ0v) is 22.2. The van der Waals surface area contributed by atoms with E-state index in [0.29, 0.717) is 18.7 Å². The van der Waals surface area contributed by atoms with Gasteiger partial charge < -0.3 is 20.1 Å². The maximum absolute atomic E-state index is 13.4. The second-order valence-electron chi connectivity index (χ2n) is 10.2. The number of hydrogen-bond acceptors (Lipinski definition) is 7. The van der Waals surface area contributed by atoms with Crippen LogP contribution in [0.15, 0.2) is 24.3 Å². The van der Waals surface area contributed by atoms with E-state index in [2.05, 4.69) is 4.98 Å². The first-order valence-corrected chi connectivity index (χ1v) is 12.4. The third-order valence-corrected chi connectivity index (χ3v) is 6.07. The summed E-state index contributed by atoms with van der Waals surface area (Å²) in [4.78, 5) is 42.3. The van der Waals surface area contributed by atoms with Gasteiger partial charge >= 0.3 is 12.1 Å². The maximum Gasteiger partial charge on any atom is 0.491 e. The van der Waals surface area contributed by atoms with Gasteiger partial charge in [0.25, 0.3) is 0 Å². The SMILES string of the molecule is CCc1ccc2c(n1)C(=N)N(CC(=O)c1cc(OCCCC(N)=O)c(OC(=O)C(F)(F)F)c(C(C)(C)C)c1)C2. The third kappa shape index (κ3) is 7.12. The van der Waals surface area contributed by atoms with Crippen molar-refractivity contribution in [2.45, 2.75) is 65.1 Å². The predicted molar refractivity (Wildman–Crippen MR) is 136 cm³/mol. The quantitative estimate of drug-likeness (QED) is 0.198. The van der Waals surface area contributed by atoms with Gasteiger partial charge in [0, 0.05) is 35.3 Å². The zero-order valence-electron chi connectivity index (χ0n) is 22.2. The van der Waals surface area contributed by atoms with Crippen molar-refractivity contribution in [3.8, 4) is 11.5 Å². The minimum Gasteiger partial charge on any atom is -0.490 e. The first-order valence-electron chi connectivity index (χ1n) is 12.4. The Morgan fingerprint density at radius 3 is 2.44 bits per heavy atom. The highest BCUT2D eigenvalue weighted by Crippen LogP contribution is 2.41. The summed E-state index contributed by atoms with van der Waals surface area (Å²) in [6.45, 7) is 6.99. The highest BCUT2D eigenvalue weighted by molar-refractivity contribution is 6.04. The molecule has 0 bridgehead atoms. The van der Waals surface area contributed by atoms with E-state index in [9.17, 15) is 27.6 Å². The number of nitrogens with zero attached hydrogens (tertiary/aromatic N) is 2. The molecule has 3 N–H and O–H groups in total. The molecule has 12 heteroatoms. The predicted octanol–water partition coefficient (Wildman–Crippen LogP) is 4.08. The van der Waals surface area contributed by atoms with Crippen LogP contribution in [0.5, 0.6) is 11.5 Å². The largest absolute Gasteiger partial charge is 0.491 e. The standard InChI is InChI=1S/C27H31F3N4O5/c1-5-17-9-8-15-13-34(24(32)22(15)33-17)14-19(35)16-11-18(26(2,3)4)23(39-25(37)27(28,29)30)20(12-16)38-10-6-7-21(31)36/h8-9,11-12,32H,5-7,10,13-14H2,1-4H3,(H2,31,36). The fraction of sp³-hybridized carbons (Fsp3) is 0.444. The number of carbonyl (C=O) groups excluding carboxylic acids is 3. The van der Waals surface area contributed by atoms with Crippen LogP contribution in [0.4, 0.5) is 13.2 Å². The van der Waals surface area contributed by atoms with Crippen molar-refractivity contribution in [3.05, 3.63) is 52.3 Å². The number of ether oxygens (including phenoxy) is 2. The number of benzene rings is 1. The first-order chi connectivity index (χ1) is 18.1. The van der Waals surface area contributed by atoms with Crippen molar-refractivity contribution >= 4 is 23.5 Å². The van der Waals surface area contributed by atoms with Crippen LogP contribution >= 0.6 is 0 Å². The molecule has 39 heavy (non-hydrogen) atoms. The maximum atomic E-state index is 13.4. The summed E-state index contributed by atoms with van der Waals surface area (Å²) in [5, 5.41) is 8.50. The summed E-state index contributed by atoms with van der Waals surface area (Å²) in [5.74, 6) is -4.06. The Morgan fingerprint density at radius 1 is 1.15 bits per heavy atom. The summed E-state index contributed by atoms with van der Waals surface area (Å²) in [7, 11) is 0. The number of esters is 1. The second kappa shape index (κ2) is 11.4. The molecule has 1 aliphatic rings. The number of pyridine rings is 1. The smallest absolute Gasteiger partial charge is 0.490 e. The molecule has 1 aliphatic heterocycles. The van der Waals surface area contributed by atoms with Crippen LogP contribution in [-0.4, -0.2) is 52.7 Å². The number of ketones is 1. The lowest BCUT2D eigenvalue weighted by molar-refractivity contribution is -0.189. The number of nitrogens with two attached hydrogens (primary N) is 1. The molecule has 0 spiro atoms. The molecule has 0 fully saturated rings. The molecule has 1 amide bonds. The van der Waals surface area contributed by atoms with Gasteiger partial charge in [-0.25, -0.2) is 9.78 Å². The molecule has 2 aromatic rings. The monoisotopic (exact) mass is 548 g/mol. The summed E-state index contributed by atoms with van der Waals surface area (Å²) >= 11 is 0. The molecular formula is C27H31F3N4O5. The molecule has 0 radical (unpaired) electrons. The van der Waals surface area contributed by atoms with Gasteiger partial charge in [0.1, 0.15) is 11.5 Å². The number of amidine groups is 1. The van der Waals surface area contributed by atoms with Crippen LogP contribution in [0, 0.1) is 5.41 Å². The number of hydrogen-bond donors (Lipinski definition) is 2. The second-order valence-corrected chi connectivity index (χ2v) is 10.2. The molecular weight excluding hydrogens is 517 g/mol. The minimum absolute atomic E-state index is 0.0339. The molecule has 0 atom stereocenters. The Hall–Kier alpha value is -3.96. The number of halogens is 3. The summed E-state index contributed by atoms with van der Waals surface area (Å²) in [6.07, 6.45) is -4.44. The number of nitrogens with one attached hydrogen (secondary N) is 1. The molecule has 0 unspecified atom stereocenters. The summed E-state index contributed by atoms with van der Waals surface area (Å²) < 4.78 is 49.6. The van der Waals surface area contributed by atoms with E-state index in [-0.39, 0.29) is 48.7 Å². The summed E-state index contributed by atoms with van der Waals surface area (Å²) in [6, 6.07) is 6.33. The zero-order chi connectivity index (χ0) is 29.1. The molecule has 1 aromatic carbocycles. The van der Waals surface area contributed by atoms with Crippen molar-refractivity contribution in [1.82, 2.24) is 9.88 Å². The fourth-order valence-electron chi connectivity index (χ4n) is 4.00.